The fraction of sp³-hybridized carbons (Fsp3) is 0.528. The Morgan fingerprint density at radius 3 is 2.62 bits per heavy atom. The molecule has 7 atom stereocenters. The number of alkyl halides is 1. The maximum absolute atomic E-state index is 13.8. The number of allylic oxidation sites excluding steroid dienone is 1. The van der Waals surface area contributed by atoms with Crippen molar-refractivity contribution in [3.8, 4) is 11.5 Å². The fourth-order valence-electron chi connectivity index (χ4n) is 9.38. The lowest BCUT2D eigenvalue weighted by molar-refractivity contribution is -0.144. The standard InChI is InChI=1S/C36H42BrN3O4S/c1-19(2)23-17-22(45-12-6-11-37)9-10-28(23)39-29(33-30(42-3)7-5-8-31(33)43-4)18-27(38)34-40-36(35(41)44-34)25-16-21-13-20-14-24(25)32(21)26(36)15-20/h5,7-10,17-21,24-26,32H,6,11-16,38H2,1-4H3. The van der Waals surface area contributed by atoms with Crippen LogP contribution in [0.4, 0.5) is 5.69 Å². The summed E-state index contributed by atoms with van der Waals surface area (Å²) in [6.45, 7) is 4.35. The van der Waals surface area contributed by atoms with Crippen molar-refractivity contribution in [1.29, 1.82) is 0 Å². The molecule has 5 fully saturated rings. The quantitative estimate of drug-likeness (QED) is 0.0854. The van der Waals surface area contributed by atoms with E-state index in [1.54, 1.807) is 20.3 Å². The topological polar surface area (TPSA) is 95.5 Å². The van der Waals surface area contributed by atoms with Crippen molar-refractivity contribution in [3.63, 3.8) is 0 Å². The van der Waals surface area contributed by atoms with Gasteiger partial charge < -0.3 is 19.9 Å². The van der Waals surface area contributed by atoms with Crippen LogP contribution in [-0.2, 0) is 9.53 Å². The van der Waals surface area contributed by atoms with Crippen molar-refractivity contribution in [2.75, 3.05) is 25.3 Å². The number of aliphatic imine (C=N–C) groups is 2. The zero-order valence-electron chi connectivity index (χ0n) is 26.4. The molecule has 1 heterocycles. The highest BCUT2D eigenvalue weighted by molar-refractivity contribution is 9.09. The number of benzene rings is 2. The molecule has 5 saturated carbocycles. The van der Waals surface area contributed by atoms with E-state index in [1.807, 2.05) is 30.0 Å². The summed E-state index contributed by atoms with van der Waals surface area (Å²) in [5.41, 5.74) is 9.51. The van der Waals surface area contributed by atoms with Crippen LogP contribution in [0.3, 0.4) is 0 Å². The molecule has 7 unspecified atom stereocenters. The smallest absolute Gasteiger partial charge is 0.341 e. The van der Waals surface area contributed by atoms with Gasteiger partial charge >= 0.3 is 5.97 Å². The number of nitrogens with zero attached hydrogens (tertiary/aromatic N) is 2. The summed E-state index contributed by atoms with van der Waals surface area (Å²) in [6, 6.07) is 12.1. The average Bonchev–Trinajstić information content (AvgIpc) is 3.59. The van der Waals surface area contributed by atoms with E-state index < -0.39 is 5.54 Å². The van der Waals surface area contributed by atoms with E-state index in [2.05, 4.69) is 48.0 Å². The van der Waals surface area contributed by atoms with Gasteiger partial charge in [0, 0.05) is 10.2 Å². The van der Waals surface area contributed by atoms with E-state index >= 15 is 0 Å². The molecule has 1 spiro atoms. The molecule has 0 saturated heterocycles. The van der Waals surface area contributed by atoms with Crippen molar-refractivity contribution in [2.24, 2.45) is 51.2 Å². The Balaban J connectivity index is 1.31. The average molecular weight is 693 g/mol. The van der Waals surface area contributed by atoms with Crippen LogP contribution >= 0.6 is 27.7 Å². The van der Waals surface area contributed by atoms with Gasteiger partial charge in [0.2, 0.25) is 5.90 Å². The van der Waals surface area contributed by atoms with Crippen LogP contribution in [0.25, 0.3) is 0 Å². The van der Waals surface area contributed by atoms with E-state index in [0.29, 0.717) is 34.6 Å². The van der Waals surface area contributed by atoms with Gasteiger partial charge in [-0.15, -0.1) is 11.8 Å². The van der Waals surface area contributed by atoms with E-state index in [0.717, 1.165) is 53.4 Å². The number of esters is 1. The summed E-state index contributed by atoms with van der Waals surface area (Å²) in [6.07, 6.45) is 7.61. The zero-order chi connectivity index (χ0) is 31.5. The summed E-state index contributed by atoms with van der Waals surface area (Å²) in [5, 5.41) is 0.989. The summed E-state index contributed by atoms with van der Waals surface area (Å²) < 4.78 is 17.6. The molecule has 238 valence electrons. The molecule has 2 aromatic carbocycles. The van der Waals surface area contributed by atoms with Crippen LogP contribution in [0.5, 0.6) is 11.5 Å². The molecular weight excluding hydrogens is 650 g/mol. The number of methoxy groups -OCH3 is 2. The minimum absolute atomic E-state index is 0.208. The van der Waals surface area contributed by atoms with Gasteiger partial charge in [-0.2, -0.15) is 0 Å². The molecule has 8 rings (SSSR count). The lowest BCUT2D eigenvalue weighted by Gasteiger charge is -2.48. The van der Waals surface area contributed by atoms with Crippen molar-refractivity contribution in [1.82, 2.24) is 0 Å². The lowest BCUT2D eigenvalue weighted by atomic mass is 9.57. The van der Waals surface area contributed by atoms with E-state index in [1.165, 1.54) is 17.7 Å². The van der Waals surface area contributed by atoms with Crippen molar-refractivity contribution >= 4 is 51.0 Å². The van der Waals surface area contributed by atoms with Crippen LogP contribution in [0.1, 0.15) is 63.0 Å². The number of carbonyl (C=O) groups excluding carboxylic acids is 1. The van der Waals surface area contributed by atoms with Gasteiger partial charge in [-0.05, 0) is 121 Å². The molecule has 1 aliphatic heterocycles. The zero-order valence-corrected chi connectivity index (χ0v) is 28.8. The van der Waals surface area contributed by atoms with Gasteiger partial charge in [-0.3, -0.25) is 0 Å². The molecule has 45 heavy (non-hydrogen) atoms. The van der Waals surface area contributed by atoms with Gasteiger partial charge in [0.05, 0.1) is 36.9 Å². The van der Waals surface area contributed by atoms with Gasteiger partial charge in [0.1, 0.15) is 11.5 Å². The molecule has 9 heteroatoms. The summed E-state index contributed by atoms with van der Waals surface area (Å²) >= 11 is 5.38. The SMILES string of the molecule is COc1cccc(OC)c1C(C=C(N)C1=NC2(C(=O)O1)C1CC3CC4CC1C3C2C4)=Nc1ccc(SCCCBr)cc1C(C)C. The van der Waals surface area contributed by atoms with Gasteiger partial charge in [0.15, 0.2) is 5.54 Å². The number of cyclic esters (lactones) is 1. The molecule has 6 bridgehead atoms. The predicted octanol–water partition coefficient (Wildman–Crippen LogP) is 7.67. The number of hydrogen-bond acceptors (Lipinski definition) is 8. The Labute approximate surface area is 278 Å². The summed E-state index contributed by atoms with van der Waals surface area (Å²) in [5.74, 6) is 5.72. The number of fused-ring (bicyclic) bond motifs is 1. The minimum Gasteiger partial charge on any atom is -0.496 e. The Morgan fingerprint density at radius 1 is 1.16 bits per heavy atom. The Bertz CT molecular complexity index is 1580. The van der Waals surface area contributed by atoms with Gasteiger partial charge in [-0.25, -0.2) is 14.8 Å². The number of nitrogens with two attached hydrogens (primary N) is 1. The second-order valence-electron chi connectivity index (χ2n) is 13.6. The fourth-order valence-corrected chi connectivity index (χ4v) is 10.9. The summed E-state index contributed by atoms with van der Waals surface area (Å²) in [4.78, 5) is 25.3. The third kappa shape index (κ3) is 5.03. The Morgan fingerprint density at radius 2 is 1.93 bits per heavy atom. The Kier molecular flexibility index (Phi) is 8.30. The number of hydrogen-bond donors (Lipinski definition) is 1. The van der Waals surface area contributed by atoms with Crippen LogP contribution < -0.4 is 15.2 Å². The van der Waals surface area contributed by atoms with Crippen molar-refractivity contribution in [2.45, 2.75) is 62.3 Å². The highest BCUT2D eigenvalue weighted by Gasteiger charge is 2.75. The highest BCUT2D eigenvalue weighted by Crippen LogP contribution is 2.73. The largest absolute Gasteiger partial charge is 0.496 e. The van der Waals surface area contributed by atoms with Crippen molar-refractivity contribution < 1.29 is 19.0 Å². The lowest BCUT2D eigenvalue weighted by Crippen LogP contribution is -2.51. The predicted molar refractivity (Wildman–Crippen MR) is 183 cm³/mol. The molecule has 7 nitrogen and oxygen atoms in total. The molecule has 6 aliphatic rings. The van der Waals surface area contributed by atoms with Crippen LogP contribution in [0.2, 0.25) is 0 Å². The first-order chi connectivity index (χ1) is 21.8. The minimum atomic E-state index is -0.776. The van der Waals surface area contributed by atoms with Crippen LogP contribution in [0.15, 0.2) is 63.1 Å². The van der Waals surface area contributed by atoms with Gasteiger partial charge in [-0.1, -0.05) is 35.8 Å². The van der Waals surface area contributed by atoms with E-state index in [-0.39, 0.29) is 35.3 Å². The normalized spacial score (nSPS) is 31.3. The second kappa shape index (κ2) is 12.1. The highest BCUT2D eigenvalue weighted by atomic mass is 79.9. The number of rotatable bonds is 11. The third-order valence-corrected chi connectivity index (χ3v) is 12.6. The molecule has 5 aliphatic carbocycles. The van der Waals surface area contributed by atoms with E-state index in [9.17, 15) is 4.79 Å². The first-order valence-corrected chi connectivity index (χ1v) is 18.3. The molecule has 0 aromatic heterocycles. The molecular formula is C36H42BrN3O4S. The number of ether oxygens (including phenoxy) is 3. The first kappa shape index (κ1) is 30.9. The number of halogens is 1. The van der Waals surface area contributed by atoms with E-state index in [4.69, 9.17) is 29.9 Å². The third-order valence-electron chi connectivity index (χ3n) is 11.0. The van der Waals surface area contributed by atoms with Crippen LogP contribution in [0, 0.1) is 35.5 Å². The number of thioether (sulfide) groups is 1. The first-order valence-electron chi connectivity index (χ1n) is 16.2. The second-order valence-corrected chi connectivity index (χ2v) is 15.5. The maximum Gasteiger partial charge on any atom is 0.341 e. The number of carbonyl (C=O) groups is 1. The summed E-state index contributed by atoms with van der Waals surface area (Å²) in [7, 11) is 3.26. The molecule has 0 amide bonds. The van der Waals surface area contributed by atoms with Crippen molar-refractivity contribution in [3.05, 3.63) is 59.3 Å². The molecule has 2 aromatic rings. The van der Waals surface area contributed by atoms with Crippen LogP contribution in [-0.4, -0.2) is 48.4 Å². The van der Waals surface area contributed by atoms with Gasteiger partial charge in [0.25, 0.3) is 0 Å². The molecule has 2 N–H and O–H groups in total. The monoisotopic (exact) mass is 691 g/mol. The Hall–Kier alpha value is -2.78. The molecule has 0 radical (unpaired) electrons. The maximum atomic E-state index is 13.8.